The van der Waals surface area contributed by atoms with Crippen molar-refractivity contribution in [2.45, 2.75) is 0 Å². The van der Waals surface area contributed by atoms with Crippen LogP contribution >= 0.6 is 15.9 Å². The fourth-order valence-electron chi connectivity index (χ4n) is 1.48. The summed E-state index contributed by atoms with van der Waals surface area (Å²) in [6.07, 6.45) is 1.24. The largest absolute Gasteiger partial charge is 0.477 e. The Labute approximate surface area is 123 Å². The summed E-state index contributed by atoms with van der Waals surface area (Å²) in [5.41, 5.74) is 0.112. The highest BCUT2D eigenvalue weighted by molar-refractivity contribution is 9.10. The van der Waals surface area contributed by atoms with Crippen LogP contribution in [0.2, 0.25) is 0 Å². The molecule has 1 amide bonds. The third kappa shape index (κ3) is 3.58. The zero-order valence-corrected chi connectivity index (χ0v) is 11.8. The molecule has 0 saturated heterocycles. The minimum Gasteiger partial charge on any atom is -0.477 e. The highest BCUT2D eigenvalue weighted by atomic mass is 79.9. The number of furan rings is 1. The van der Waals surface area contributed by atoms with Gasteiger partial charge in [0.1, 0.15) is 11.5 Å². The van der Waals surface area contributed by atoms with Gasteiger partial charge in [0, 0.05) is 11.6 Å². The molecule has 0 radical (unpaired) electrons. The van der Waals surface area contributed by atoms with E-state index in [4.69, 9.17) is 9.52 Å². The number of amides is 1. The SMILES string of the molecule is O=C(O)/C(=C\c1ccc(Br)o1)NC(=O)c1ccccc1. The van der Waals surface area contributed by atoms with Crippen LogP contribution < -0.4 is 5.32 Å². The summed E-state index contributed by atoms with van der Waals surface area (Å²) in [7, 11) is 0. The molecule has 0 aliphatic heterocycles. The van der Waals surface area contributed by atoms with Gasteiger partial charge in [-0.3, -0.25) is 4.79 Å². The molecule has 0 atom stereocenters. The Morgan fingerprint density at radius 3 is 2.40 bits per heavy atom. The smallest absolute Gasteiger partial charge is 0.352 e. The second-order valence-electron chi connectivity index (χ2n) is 3.83. The van der Waals surface area contributed by atoms with E-state index in [1.807, 2.05) is 0 Å². The van der Waals surface area contributed by atoms with E-state index >= 15 is 0 Å². The van der Waals surface area contributed by atoms with E-state index < -0.39 is 11.9 Å². The molecule has 0 aliphatic carbocycles. The monoisotopic (exact) mass is 335 g/mol. The number of carbonyl (C=O) groups is 2. The number of hydrogen-bond acceptors (Lipinski definition) is 3. The van der Waals surface area contributed by atoms with Crippen LogP contribution in [0.4, 0.5) is 0 Å². The highest BCUT2D eigenvalue weighted by Gasteiger charge is 2.13. The van der Waals surface area contributed by atoms with Crippen molar-refractivity contribution in [1.82, 2.24) is 5.32 Å². The van der Waals surface area contributed by atoms with Gasteiger partial charge in [-0.15, -0.1) is 0 Å². The van der Waals surface area contributed by atoms with Gasteiger partial charge in [0.25, 0.3) is 5.91 Å². The van der Waals surface area contributed by atoms with Crippen molar-refractivity contribution in [3.8, 4) is 0 Å². The van der Waals surface area contributed by atoms with Gasteiger partial charge in [-0.1, -0.05) is 18.2 Å². The highest BCUT2D eigenvalue weighted by Crippen LogP contribution is 2.16. The van der Waals surface area contributed by atoms with Crippen molar-refractivity contribution in [1.29, 1.82) is 0 Å². The molecule has 0 spiro atoms. The zero-order chi connectivity index (χ0) is 14.5. The number of rotatable bonds is 4. The van der Waals surface area contributed by atoms with Gasteiger partial charge < -0.3 is 14.8 Å². The molecule has 5 nitrogen and oxygen atoms in total. The molecule has 0 aliphatic rings. The van der Waals surface area contributed by atoms with Crippen LogP contribution in [-0.2, 0) is 4.79 Å². The first kappa shape index (κ1) is 14.1. The van der Waals surface area contributed by atoms with E-state index in [1.54, 1.807) is 42.5 Å². The van der Waals surface area contributed by atoms with Gasteiger partial charge in [-0.05, 0) is 40.2 Å². The molecular formula is C14H10BrNO4. The number of carbonyl (C=O) groups excluding carboxylic acids is 1. The number of hydrogen-bond donors (Lipinski definition) is 2. The lowest BCUT2D eigenvalue weighted by atomic mass is 10.2. The molecular weight excluding hydrogens is 326 g/mol. The van der Waals surface area contributed by atoms with Crippen LogP contribution in [0.3, 0.4) is 0 Å². The summed E-state index contributed by atoms with van der Waals surface area (Å²) in [4.78, 5) is 23.0. The van der Waals surface area contributed by atoms with E-state index in [0.29, 0.717) is 16.0 Å². The number of carboxylic acids is 1. The van der Waals surface area contributed by atoms with E-state index in [-0.39, 0.29) is 5.70 Å². The van der Waals surface area contributed by atoms with Crippen molar-refractivity contribution >= 4 is 33.9 Å². The Morgan fingerprint density at radius 1 is 1.15 bits per heavy atom. The Balaban J connectivity index is 2.20. The topological polar surface area (TPSA) is 79.5 Å². The van der Waals surface area contributed by atoms with Crippen LogP contribution in [0.15, 0.2) is 57.2 Å². The average Bonchev–Trinajstić information content (AvgIpc) is 2.84. The Bertz CT molecular complexity index is 661. The Morgan fingerprint density at radius 2 is 1.85 bits per heavy atom. The molecule has 1 aromatic heterocycles. The van der Waals surface area contributed by atoms with Crippen molar-refractivity contribution in [2.24, 2.45) is 0 Å². The van der Waals surface area contributed by atoms with Gasteiger partial charge in [0.15, 0.2) is 4.67 Å². The first-order valence-corrected chi connectivity index (χ1v) is 6.42. The third-order valence-corrected chi connectivity index (χ3v) is 2.82. The summed E-state index contributed by atoms with van der Waals surface area (Å²) in [6, 6.07) is 11.6. The minimum absolute atomic E-state index is 0.263. The fourth-order valence-corrected chi connectivity index (χ4v) is 1.80. The van der Waals surface area contributed by atoms with Crippen molar-refractivity contribution in [2.75, 3.05) is 0 Å². The standard InChI is InChI=1S/C14H10BrNO4/c15-12-7-6-10(20-12)8-11(14(18)19)16-13(17)9-4-2-1-3-5-9/h1-8H,(H,16,17)(H,18,19)/b11-8+. The predicted octanol–water partition coefficient (Wildman–Crippen LogP) is 2.90. The van der Waals surface area contributed by atoms with Crippen LogP contribution in [0.5, 0.6) is 0 Å². The summed E-state index contributed by atoms with van der Waals surface area (Å²) in [6.45, 7) is 0. The second-order valence-corrected chi connectivity index (χ2v) is 4.61. The summed E-state index contributed by atoms with van der Waals surface area (Å²) in [5, 5.41) is 11.4. The van der Waals surface area contributed by atoms with Crippen LogP contribution in [0.1, 0.15) is 16.1 Å². The zero-order valence-electron chi connectivity index (χ0n) is 10.2. The van der Waals surface area contributed by atoms with E-state index in [0.717, 1.165) is 0 Å². The molecule has 2 aromatic rings. The van der Waals surface area contributed by atoms with Crippen LogP contribution in [0, 0.1) is 0 Å². The molecule has 0 saturated carbocycles. The molecule has 1 heterocycles. The fraction of sp³-hybridized carbons (Fsp3) is 0. The lowest BCUT2D eigenvalue weighted by Crippen LogP contribution is -2.27. The van der Waals surface area contributed by atoms with Crippen molar-refractivity contribution in [3.63, 3.8) is 0 Å². The predicted molar refractivity (Wildman–Crippen MR) is 75.9 cm³/mol. The third-order valence-electron chi connectivity index (χ3n) is 2.40. The lowest BCUT2D eigenvalue weighted by Gasteiger charge is -2.05. The molecule has 2 N–H and O–H groups in total. The molecule has 0 bridgehead atoms. The van der Waals surface area contributed by atoms with Gasteiger partial charge in [-0.25, -0.2) is 4.79 Å². The number of halogens is 1. The molecule has 1 aromatic carbocycles. The molecule has 6 heteroatoms. The number of nitrogens with one attached hydrogen (secondary N) is 1. The maximum Gasteiger partial charge on any atom is 0.352 e. The summed E-state index contributed by atoms with van der Waals surface area (Å²) < 4.78 is 5.65. The molecule has 102 valence electrons. The second kappa shape index (κ2) is 6.21. The van der Waals surface area contributed by atoms with Crippen molar-refractivity contribution in [3.05, 3.63) is 64.2 Å². The lowest BCUT2D eigenvalue weighted by molar-refractivity contribution is -0.132. The molecule has 2 rings (SSSR count). The molecule has 0 unspecified atom stereocenters. The number of carboxylic acid groups (broad SMARTS) is 1. The van der Waals surface area contributed by atoms with E-state index in [1.165, 1.54) is 6.08 Å². The van der Waals surface area contributed by atoms with E-state index in [9.17, 15) is 9.59 Å². The van der Waals surface area contributed by atoms with Gasteiger partial charge in [0.05, 0.1) is 0 Å². The molecule has 0 fully saturated rings. The average molecular weight is 336 g/mol. The summed E-state index contributed by atoms with van der Waals surface area (Å²) in [5.74, 6) is -1.42. The normalized spacial score (nSPS) is 11.2. The van der Waals surface area contributed by atoms with Gasteiger partial charge in [-0.2, -0.15) is 0 Å². The minimum atomic E-state index is -1.25. The van der Waals surface area contributed by atoms with Gasteiger partial charge in [0.2, 0.25) is 0 Å². The van der Waals surface area contributed by atoms with Crippen LogP contribution in [0.25, 0.3) is 6.08 Å². The molecule has 20 heavy (non-hydrogen) atoms. The summed E-state index contributed by atoms with van der Waals surface area (Å²) >= 11 is 3.12. The van der Waals surface area contributed by atoms with Crippen molar-refractivity contribution < 1.29 is 19.1 Å². The quantitative estimate of drug-likeness (QED) is 0.842. The van der Waals surface area contributed by atoms with E-state index in [2.05, 4.69) is 21.2 Å². The Hall–Kier alpha value is -2.34. The Kier molecular flexibility index (Phi) is 4.37. The first-order chi connectivity index (χ1) is 9.56. The first-order valence-electron chi connectivity index (χ1n) is 5.63. The maximum atomic E-state index is 11.9. The number of aliphatic carboxylic acids is 1. The van der Waals surface area contributed by atoms with Gasteiger partial charge >= 0.3 is 5.97 Å². The maximum absolute atomic E-state index is 11.9. The number of benzene rings is 1. The van der Waals surface area contributed by atoms with Crippen LogP contribution in [-0.4, -0.2) is 17.0 Å².